The summed E-state index contributed by atoms with van der Waals surface area (Å²) in [5, 5.41) is 0. The first kappa shape index (κ1) is 13.1. The molecule has 0 unspecified atom stereocenters. The van der Waals surface area contributed by atoms with Gasteiger partial charge in [-0.25, -0.2) is 9.79 Å². The molecule has 0 bridgehead atoms. The third-order valence-electron chi connectivity index (χ3n) is 2.86. The van der Waals surface area contributed by atoms with Crippen molar-refractivity contribution in [3.8, 4) is 11.5 Å². The van der Waals surface area contributed by atoms with Crippen molar-refractivity contribution in [3.05, 3.63) is 21.7 Å². The summed E-state index contributed by atoms with van der Waals surface area (Å²) in [6.07, 6.45) is 3.24. The first-order valence-electron chi connectivity index (χ1n) is 5.91. The average Bonchev–Trinajstić information content (AvgIpc) is 2.60. The van der Waals surface area contributed by atoms with Crippen LogP contribution in [0.1, 0.15) is 24.5 Å². The van der Waals surface area contributed by atoms with E-state index in [2.05, 4.69) is 20.9 Å². The lowest BCUT2D eigenvalue weighted by Crippen LogP contribution is -2.01. The molecule has 2 rings (SSSR count). The Morgan fingerprint density at radius 2 is 2.17 bits per heavy atom. The number of aliphatic imine (C=N–C) groups is 1. The fourth-order valence-corrected chi connectivity index (χ4v) is 2.61. The first-order valence-corrected chi connectivity index (χ1v) is 6.70. The molecule has 0 saturated heterocycles. The number of benzene rings is 1. The van der Waals surface area contributed by atoms with Gasteiger partial charge in [0.05, 0.1) is 19.8 Å². The Hall–Kier alpha value is -1.32. The van der Waals surface area contributed by atoms with Crippen molar-refractivity contribution in [2.24, 2.45) is 4.99 Å². The van der Waals surface area contributed by atoms with E-state index in [1.807, 2.05) is 13.0 Å². The maximum atomic E-state index is 10.3. The molecule has 0 aliphatic carbocycles. The van der Waals surface area contributed by atoms with E-state index in [0.717, 1.165) is 39.9 Å². The second-order valence-corrected chi connectivity index (χ2v) is 4.81. The van der Waals surface area contributed by atoms with Gasteiger partial charge in [-0.2, -0.15) is 0 Å². The van der Waals surface area contributed by atoms with Crippen molar-refractivity contribution in [2.45, 2.75) is 26.3 Å². The largest absolute Gasteiger partial charge is 0.490 e. The van der Waals surface area contributed by atoms with Gasteiger partial charge in [0, 0.05) is 16.5 Å². The highest BCUT2D eigenvalue weighted by atomic mass is 79.9. The van der Waals surface area contributed by atoms with Gasteiger partial charge >= 0.3 is 0 Å². The fourth-order valence-electron chi connectivity index (χ4n) is 2.03. The van der Waals surface area contributed by atoms with E-state index in [1.165, 1.54) is 0 Å². The Morgan fingerprint density at radius 3 is 2.89 bits per heavy atom. The summed E-state index contributed by atoms with van der Waals surface area (Å²) in [5.41, 5.74) is 2.00. The van der Waals surface area contributed by atoms with Crippen LogP contribution in [0, 0.1) is 0 Å². The summed E-state index contributed by atoms with van der Waals surface area (Å²) >= 11 is 3.50. The molecule has 1 aromatic carbocycles. The van der Waals surface area contributed by atoms with Crippen LogP contribution in [0.2, 0.25) is 0 Å². The zero-order chi connectivity index (χ0) is 13.0. The van der Waals surface area contributed by atoms with Gasteiger partial charge in [-0.05, 0) is 18.1 Å². The lowest BCUT2D eigenvalue weighted by Gasteiger charge is -2.16. The van der Waals surface area contributed by atoms with Crippen molar-refractivity contribution >= 4 is 22.0 Å². The summed E-state index contributed by atoms with van der Waals surface area (Å²) in [7, 11) is 0. The van der Waals surface area contributed by atoms with Gasteiger partial charge in [0.15, 0.2) is 11.5 Å². The second-order valence-electron chi connectivity index (χ2n) is 3.95. The molecule has 5 heteroatoms. The van der Waals surface area contributed by atoms with Gasteiger partial charge in [0.2, 0.25) is 6.08 Å². The predicted molar refractivity (Wildman–Crippen MR) is 71.0 cm³/mol. The third-order valence-corrected chi connectivity index (χ3v) is 3.56. The second kappa shape index (κ2) is 6.03. The minimum atomic E-state index is 0.309. The highest BCUT2D eigenvalue weighted by Crippen LogP contribution is 2.40. The first-order chi connectivity index (χ1) is 8.77. The molecule has 1 aliphatic heterocycles. The van der Waals surface area contributed by atoms with Gasteiger partial charge in [0.1, 0.15) is 0 Å². The van der Waals surface area contributed by atoms with E-state index in [9.17, 15) is 4.79 Å². The number of hydrogen-bond donors (Lipinski definition) is 0. The molecule has 0 fully saturated rings. The highest BCUT2D eigenvalue weighted by Gasteiger charge is 2.19. The quantitative estimate of drug-likeness (QED) is 0.637. The number of nitrogens with zero attached hydrogens (tertiary/aromatic N) is 1. The van der Waals surface area contributed by atoms with E-state index in [1.54, 1.807) is 6.08 Å². The Balaban J connectivity index is 2.53. The van der Waals surface area contributed by atoms with Crippen molar-refractivity contribution in [1.29, 1.82) is 0 Å². The number of ether oxygens (including phenoxy) is 2. The normalized spacial score (nSPS) is 13.7. The van der Waals surface area contributed by atoms with Gasteiger partial charge in [0.25, 0.3) is 0 Å². The van der Waals surface area contributed by atoms with E-state index in [-0.39, 0.29) is 0 Å². The standard InChI is InChI=1S/C13H14BrNO3/c1-2-9-10(7-15-8-16)11(14)6-12-13(9)18-5-3-4-17-12/h6H,2-5,7H2,1H3. The van der Waals surface area contributed by atoms with Gasteiger partial charge in [-0.1, -0.05) is 22.9 Å². The molecule has 0 amide bonds. The minimum Gasteiger partial charge on any atom is -0.490 e. The number of carbonyl (C=O) groups excluding carboxylic acids is 1. The summed E-state index contributed by atoms with van der Waals surface area (Å²) < 4.78 is 12.3. The lowest BCUT2D eigenvalue weighted by atomic mass is 10.0. The van der Waals surface area contributed by atoms with Crippen LogP contribution < -0.4 is 9.47 Å². The number of isocyanates is 1. The Kier molecular flexibility index (Phi) is 4.39. The smallest absolute Gasteiger partial charge is 0.235 e. The van der Waals surface area contributed by atoms with Crippen LogP contribution in [0.15, 0.2) is 15.5 Å². The summed E-state index contributed by atoms with van der Waals surface area (Å²) in [5.74, 6) is 1.55. The van der Waals surface area contributed by atoms with E-state index >= 15 is 0 Å². The molecule has 4 nitrogen and oxygen atoms in total. The average molecular weight is 312 g/mol. The molecular weight excluding hydrogens is 298 g/mol. The maximum absolute atomic E-state index is 10.3. The zero-order valence-electron chi connectivity index (χ0n) is 10.2. The molecule has 0 saturated carbocycles. The van der Waals surface area contributed by atoms with Crippen LogP contribution >= 0.6 is 15.9 Å². The topological polar surface area (TPSA) is 47.9 Å². The van der Waals surface area contributed by atoms with Crippen LogP contribution in [0.4, 0.5) is 0 Å². The molecule has 1 heterocycles. The summed E-state index contributed by atoms with van der Waals surface area (Å²) in [4.78, 5) is 13.9. The maximum Gasteiger partial charge on any atom is 0.235 e. The minimum absolute atomic E-state index is 0.309. The number of fused-ring (bicyclic) bond motifs is 1. The zero-order valence-corrected chi connectivity index (χ0v) is 11.7. The van der Waals surface area contributed by atoms with Gasteiger partial charge in [-0.3, -0.25) is 0 Å². The molecule has 0 aromatic heterocycles. The van der Waals surface area contributed by atoms with E-state index < -0.39 is 0 Å². The monoisotopic (exact) mass is 311 g/mol. The molecule has 0 N–H and O–H groups in total. The molecule has 0 atom stereocenters. The predicted octanol–water partition coefficient (Wildman–Crippen LogP) is 3.01. The van der Waals surface area contributed by atoms with E-state index in [4.69, 9.17) is 9.47 Å². The van der Waals surface area contributed by atoms with Crippen LogP contribution in [0.3, 0.4) is 0 Å². The Labute approximate surface area is 114 Å². The van der Waals surface area contributed by atoms with E-state index in [0.29, 0.717) is 19.8 Å². The van der Waals surface area contributed by atoms with Crippen molar-refractivity contribution < 1.29 is 14.3 Å². The van der Waals surface area contributed by atoms with Crippen LogP contribution in [0.25, 0.3) is 0 Å². The third kappa shape index (κ3) is 2.57. The van der Waals surface area contributed by atoms with Crippen molar-refractivity contribution in [1.82, 2.24) is 0 Å². The Bertz CT molecular complexity index is 495. The number of rotatable bonds is 3. The molecule has 1 aromatic rings. The van der Waals surface area contributed by atoms with Crippen LogP contribution in [0.5, 0.6) is 11.5 Å². The SMILES string of the molecule is CCc1c(CN=C=O)c(Br)cc2c1OCCCO2. The Morgan fingerprint density at radius 1 is 1.39 bits per heavy atom. The lowest BCUT2D eigenvalue weighted by molar-refractivity contribution is 0.296. The molecular formula is C13H14BrNO3. The molecule has 18 heavy (non-hydrogen) atoms. The number of halogens is 1. The summed E-state index contributed by atoms with van der Waals surface area (Å²) in [6, 6.07) is 1.88. The van der Waals surface area contributed by atoms with Crippen LogP contribution in [-0.4, -0.2) is 19.3 Å². The van der Waals surface area contributed by atoms with Crippen molar-refractivity contribution in [3.63, 3.8) is 0 Å². The van der Waals surface area contributed by atoms with Gasteiger partial charge < -0.3 is 9.47 Å². The molecule has 0 spiro atoms. The molecule has 0 radical (unpaired) electrons. The van der Waals surface area contributed by atoms with Crippen LogP contribution in [-0.2, 0) is 17.8 Å². The fraction of sp³-hybridized carbons (Fsp3) is 0.462. The van der Waals surface area contributed by atoms with Gasteiger partial charge in [-0.15, -0.1) is 0 Å². The number of hydrogen-bond acceptors (Lipinski definition) is 4. The molecule has 1 aliphatic rings. The van der Waals surface area contributed by atoms with Crippen molar-refractivity contribution in [2.75, 3.05) is 13.2 Å². The molecule has 96 valence electrons. The summed E-state index contributed by atoms with van der Waals surface area (Å²) in [6.45, 7) is 3.67. The highest BCUT2D eigenvalue weighted by molar-refractivity contribution is 9.10.